The molecule has 23 heavy (non-hydrogen) atoms. The van der Waals surface area contributed by atoms with Crippen LogP contribution in [0.15, 0.2) is 41.0 Å². The summed E-state index contributed by atoms with van der Waals surface area (Å²) in [6, 6.07) is 5.97. The molecule has 0 spiro atoms. The molecule has 2 atom stereocenters. The molecule has 0 aromatic heterocycles. The van der Waals surface area contributed by atoms with Crippen molar-refractivity contribution in [2.75, 3.05) is 0 Å². The molecule has 1 fully saturated rings. The predicted molar refractivity (Wildman–Crippen MR) is 89.0 cm³/mol. The Labute approximate surface area is 135 Å². The number of nitro groups is 1. The van der Waals surface area contributed by atoms with E-state index in [-0.39, 0.29) is 28.8 Å². The van der Waals surface area contributed by atoms with Gasteiger partial charge in [-0.05, 0) is 42.9 Å². The van der Waals surface area contributed by atoms with Gasteiger partial charge in [0, 0.05) is 12.1 Å². The first-order valence-electron chi connectivity index (χ1n) is 7.46. The maximum atomic E-state index is 12.2. The lowest BCUT2D eigenvalue weighted by atomic mass is 10.1. The third-order valence-electron chi connectivity index (χ3n) is 4.20. The molecule has 1 aromatic rings. The van der Waals surface area contributed by atoms with Crippen molar-refractivity contribution in [2.24, 2.45) is 22.4 Å². The summed E-state index contributed by atoms with van der Waals surface area (Å²) in [4.78, 5) is 22.3. The van der Waals surface area contributed by atoms with E-state index >= 15 is 0 Å². The van der Waals surface area contributed by atoms with Crippen LogP contribution in [0.25, 0.3) is 0 Å². The van der Waals surface area contributed by atoms with Crippen molar-refractivity contribution in [3.8, 4) is 0 Å². The molecule has 2 rings (SSSR count). The number of nitrogens with one attached hydrogen (secondary N) is 1. The second kappa shape index (κ2) is 6.32. The summed E-state index contributed by atoms with van der Waals surface area (Å²) < 4.78 is 0. The van der Waals surface area contributed by atoms with E-state index in [0.717, 1.165) is 0 Å². The summed E-state index contributed by atoms with van der Waals surface area (Å²) >= 11 is 0. The first kappa shape index (κ1) is 16.9. The minimum Gasteiger partial charge on any atom is -0.273 e. The number of allylic oxidation sites excluding steroid dienone is 2. The molecular formula is C17H21N3O3. The molecule has 1 aliphatic rings. The van der Waals surface area contributed by atoms with Gasteiger partial charge in [-0.2, -0.15) is 5.10 Å². The molecule has 0 heterocycles. The van der Waals surface area contributed by atoms with Crippen molar-refractivity contribution in [2.45, 2.75) is 27.7 Å². The number of hydrogen-bond donors (Lipinski definition) is 1. The third-order valence-corrected chi connectivity index (χ3v) is 4.20. The van der Waals surface area contributed by atoms with Crippen molar-refractivity contribution >= 4 is 17.8 Å². The van der Waals surface area contributed by atoms with E-state index in [1.165, 1.54) is 23.9 Å². The Balaban J connectivity index is 1.94. The van der Waals surface area contributed by atoms with Crippen molar-refractivity contribution in [3.63, 3.8) is 0 Å². The Morgan fingerprint density at radius 2 is 1.91 bits per heavy atom. The smallest absolute Gasteiger partial charge is 0.269 e. The van der Waals surface area contributed by atoms with Gasteiger partial charge in [0.1, 0.15) is 0 Å². The van der Waals surface area contributed by atoms with Gasteiger partial charge in [0.25, 0.3) is 5.69 Å². The number of non-ortho nitro benzene ring substituents is 1. The molecule has 6 heteroatoms. The van der Waals surface area contributed by atoms with Crippen LogP contribution in [0.2, 0.25) is 0 Å². The average molecular weight is 315 g/mol. The lowest BCUT2D eigenvalue weighted by molar-refractivity contribution is -0.384. The molecule has 0 aliphatic heterocycles. The van der Waals surface area contributed by atoms with Crippen LogP contribution in [0.1, 0.15) is 33.3 Å². The van der Waals surface area contributed by atoms with Gasteiger partial charge >= 0.3 is 0 Å². The van der Waals surface area contributed by atoms with Crippen LogP contribution >= 0.6 is 0 Å². The molecule has 0 saturated heterocycles. The summed E-state index contributed by atoms with van der Waals surface area (Å²) in [6.07, 6.45) is 3.61. The molecule has 0 radical (unpaired) electrons. The van der Waals surface area contributed by atoms with Gasteiger partial charge in [-0.3, -0.25) is 14.9 Å². The molecular weight excluding hydrogens is 294 g/mol. The zero-order valence-electron chi connectivity index (χ0n) is 13.7. The summed E-state index contributed by atoms with van der Waals surface area (Å²) in [6.45, 7) is 8.19. The second-order valence-corrected chi connectivity index (χ2v) is 6.65. The number of amides is 1. The van der Waals surface area contributed by atoms with Crippen molar-refractivity contribution < 1.29 is 9.72 Å². The number of carbonyl (C=O) groups excluding carboxylic acids is 1. The zero-order chi connectivity index (χ0) is 17.2. The molecule has 0 bridgehead atoms. The van der Waals surface area contributed by atoms with Crippen LogP contribution in [0.3, 0.4) is 0 Å². The van der Waals surface area contributed by atoms with E-state index in [4.69, 9.17) is 0 Å². The number of rotatable bonds is 5. The fourth-order valence-electron chi connectivity index (χ4n) is 2.77. The first-order chi connectivity index (χ1) is 10.7. The monoisotopic (exact) mass is 315 g/mol. The van der Waals surface area contributed by atoms with E-state index in [1.54, 1.807) is 12.1 Å². The Bertz CT molecular complexity index is 671. The normalized spacial score (nSPS) is 21.7. The maximum Gasteiger partial charge on any atom is 0.269 e. The molecule has 1 amide bonds. The van der Waals surface area contributed by atoms with Crippen molar-refractivity contribution in [1.29, 1.82) is 0 Å². The van der Waals surface area contributed by atoms with E-state index in [0.29, 0.717) is 5.56 Å². The van der Waals surface area contributed by atoms with Gasteiger partial charge in [0.2, 0.25) is 5.91 Å². The van der Waals surface area contributed by atoms with E-state index in [2.05, 4.69) is 30.5 Å². The predicted octanol–water partition coefficient (Wildman–Crippen LogP) is 3.28. The van der Waals surface area contributed by atoms with E-state index in [9.17, 15) is 14.9 Å². The fourth-order valence-corrected chi connectivity index (χ4v) is 2.77. The molecule has 1 N–H and O–H groups in total. The third kappa shape index (κ3) is 3.83. The molecule has 6 nitrogen and oxygen atoms in total. The number of carbonyl (C=O) groups is 1. The summed E-state index contributed by atoms with van der Waals surface area (Å²) in [5.41, 5.74) is 4.42. The van der Waals surface area contributed by atoms with Crippen molar-refractivity contribution in [3.05, 3.63) is 51.6 Å². The Morgan fingerprint density at radius 1 is 1.30 bits per heavy atom. The van der Waals surface area contributed by atoms with E-state index in [1.807, 2.05) is 13.8 Å². The van der Waals surface area contributed by atoms with E-state index < -0.39 is 4.92 Å². The average Bonchev–Trinajstić information content (AvgIpc) is 2.99. The quantitative estimate of drug-likeness (QED) is 0.391. The number of hydrazone groups is 1. The molecule has 1 saturated carbocycles. The van der Waals surface area contributed by atoms with Crippen LogP contribution in [0, 0.1) is 27.4 Å². The topological polar surface area (TPSA) is 84.6 Å². The van der Waals surface area contributed by atoms with Crippen LogP contribution in [0.4, 0.5) is 5.69 Å². The fraction of sp³-hybridized carbons (Fsp3) is 0.412. The zero-order valence-corrected chi connectivity index (χ0v) is 13.7. The van der Waals surface area contributed by atoms with Gasteiger partial charge in [0.15, 0.2) is 0 Å². The number of benzene rings is 1. The van der Waals surface area contributed by atoms with Gasteiger partial charge in [-0.1, -0.05) is 25.5 Å². The molecule has 2 unspecified atom stereocenters. The summed E-state index contributed by atoms with van der Waals surface area (Å²) in [5, 5.41) is 14.5. The second-order valence-electron chi connectivity index (χ2n) is 6.65. The number of nitrogens with zero attached hydrogens (tertiary/aromatic N) is 2. The lowest BCUT2D eigenvalue weighted by Gasteiger charge is -2.00. The molecule has 1 aliphatic carbocycles. The highest BCUT2D eigenvalue weighted by Crippen LogP contribution is 2.59. The van der Waals surface area contributed by atoms with Gasteiger partial charge in [-0.25, -0.2) is 5.43 Å². The summed E-state index contributed by atoms with van der Waals surface area (Å²) in [7, 11) is 0. The Kier molecular flexibility index (Phi) is 4.63. The largest absolute Gasteiger partial charge is 0.273 e. The molecule has 1 aromatic carbocycles. The Morgan fingerprint density at radius 3 is 2.43 bits per heavy atom. The van der Waals surface area contributed by atoms with Crippen LogP contribution in [0.5, 0.6) is 0 Å². The maximum absolute atomic E-state index is 12.2. The highest BCUT2D eigenvalue weighted by atomic mass is 16.6. The lowest BCUT2D eigenvalue weighted by Crippen LogP contribution is -2.21. The number of nitro benzene ring substituents is 1. The Hall–Kier alpha value is -2.50. The standard InChI is InChI=1S/C17H21N3O3/c1-11(2)9-14-15(17(14,3)4)16(21)19-18-10-12-5-7-13(8-6-12)20(22)23/h5-10,14-15H,1-4H3,(H,19,21). The highest BCUT2D eigenvalue weighted by molar-refractivity contribution is 5.86. The van der Waals surface area contributed by atoms with Crippen LogP contribution < -0.4 is 5.43 Å². The first-order valence-corrected chi connectivity index (χ1v) is 7.46. The van der Waals surface area contributed by atoms with Gasteiger partial charge in [0.05, 0.1) is 17.1 Å². The van der Waals surface area contributed by atoms with Crippen molar-refractivity contribution in [1.82, 2.24) is 5.43 Å². The molecule has 122 valence electrons. The number of hydrogen-bond acceptors (Lipinski definition) is 4. The minimum atomic E-state index is -0.457. The van der Waals surface area contributed by atoms with Crippen LogP contribution in [-0.2, 0) is 4.79 Å². The SMILES string of the molecule is CC(C)=CC1C(C(=O)NN=Cc2ccc([N+](=O)[O-])cc2)C1(C)C. The minimum absolute atomic E-state index is 0.0236. The van der Waals surface area contributed by atoms with Crippen LogP contribution in [-0.4, -0.2) is 17.0 Å². The summed E-state index contributed by atoms with van der Waals surface area (Å²) in [5.74, 6) is 0.0594. The van der Waals surface area contributed by atoms with Gasteiger partial charge < -0.3 is 0 Å². The highest BCUT2D eigenvalue weighted by Gasteiger charge is 2.60. The van der Waals surface area contributed by atoms with Gasteiger partial charge in [-0.15, -0.1) is 0 Å².